The number of rotatable bonds is 2. The van der Waals surface area contributed by atoms with Gasteiger partial charge >= 0.3 is 6.18 Å². The van der Waals surface area contributed by atoms with Crippen LogP contribution in [-0.2, 0) is 6.18 Å². The van der Waals surface area contributed by atoms with Gasteiger partial charge in [0.25, 0.3) is 0 Å². The Morgan fingerprint density at radius 2 is 2.00 bits per heavy atom. The van der Waals surface area contributed by atoms with Crippen LogP contribution < -0.4 is 4.74 Å². The van der Waals surface area contributed by atoms with Gasteiger partial charge in [-0.1, -0.05) is 6.07 Å². The number of halogens is 3. The first-order valence-electron chi connectivity index (χ1n) is 5.97. The van der Waals surface area contributed by atoms with Crippen molar-refractivity contribution in [2.24, 2.45) is 0 Å². The van der Waals surface area contributed by atoms with E-state index in [1.165, 1.54) is 12.1 Å². The Balaban J connectivity index is 2.05. The Bertz CT molecular complexity index is 403. The molecule has 0 amide bonds. The monoisotopic (exact) mass is 260 g/mol. The molecule has 18 heavy (non-hydrogen) atoms. The third-order valence-electron chi connectivity index (χ3n) is 3.06. The average Bonchev–Trinajstić information content (AvgIpc) is 2.28. The second-order valence-corrected chi connectivity index (χ2v) is 4.59. The number of hydrogen-bond acceptors (Lipinski definition) is 2. The summed E-state index contributed by atoms with van der Waals surface area (Å²) in [4.78, 5) is 0. The molecular weight excluding hydrogens is 245 g/mol. The maximum absolute atomic E-state index is 12.5. The Morgan fingerprint density at radius 1 is 1.22 bits per heavy atom. The zero-order chi connectivity index (χ0) is 13.2. The molecule has 2 atom stereocenters. The van der Waals surface area contributed by atoms with E-state index < -0.39 is 17.8 Å². The van der Waals surface area contributed by atoms with Gasteiger partial charge < -0.3 is 9.84 Å². The van der Waals surface area contributed by atoms with Gasteiger partial charge in [0.2, 0.25) is 0 Å². The minimum Gasteiger partial charge on any atom is -0.490 e. The largest absolute Gasteiger partial charge is 0.490 e. The molecule has 1 N–H and O–H groups in total. The standard InChI is InChI=1S/C13H15F3O2/c14-13(15,16)9-3-1-5-11(7-9)18-12-6-2-4-10(17)8-12/h1,3,5,7,10,12,17H,2,4,6,8H2. The fourth-order valence-corrected chi connectivity index (χ4v) is 2.17. The molecule has 100 valence electrons. The number of aliphatic hydroxyl groups is 1. The van der Waals surface area contributed by atoms with Crippen LogP contribution in [-0.4, -0.2) is 17.3 Å². The number of aliphatic hydroxyl groups excluding tert-OH is 1. The predicted octanol–water partition coefficient (Wildman–Crippen LogP) is 3.39. The highest BCUT2D eigenvalue weighted by Gasteiger charge is 2.31. The first-order valence-corrected chi connectivity index (χ1v) is 5.97. The van der Waals surface area contributed by atoms with E-state index in [2.05, 4.69) is 0 Å². The molecule has 1 aliphatic carbocycles. The summed E-state index contributed by atoms with van der Waals surface area (Å²) in [6, 6.07) is 4.86. The van der Waals surface area contributed by atoms with Gasteiger partial charge in [0.05, 0.1) is 11.7 Å². The number of ether oxygens (including phenoxy) is 1. The SMILES string of the molecule is OC1CCCC(Oc2cccc(C(F)(F)F)c2)C1. The zero-order valence-electron chi connectivity index (χ0n) is 9.78. The lowest BCUT2D eigenvalue weighted by Gasteiger charge is -2.26. The van der Waals surface area contributed by atoms with Crippen LogP contribution in [0.15, 0.2) is 24.3 Å². The van der Waals surface area contributed by atoms with Crippen LogP contribution in [0.25, 0.3) is 0 Å². The molecule has 0 heterocycles. The highest BCUT2D eigenvalue weighted by atomic mass is 19.4. The molecule has 1 saturated carbocycles. The summed E-state index contributed by atoms with van der Waals surface area (Å²) >= 11 is 0. The molecule has 0 saturated heterocycles. The van der Waals surface area contributed by atoms with Gasteiger partial charge in [0.15, 0.2) is 0 Å². The first kappa shape index (κ1) is 13.2. The van der Waals surface area contributed by atoms with E-state index in [4.69, 9.17) is 4.74 Å². The Morgan fingerprint density at radius 3 is 2.67 bits per heavy atom. The summed E-state index contributed by atoms with van der Waals surface area (Å²) < 4.78 is 43.0. The number of alkyl halides is 3. The third kappa shape index (κ3) is 3.38. The zero-order valence-corrected chi connectivity index (χ0v) is 9.78. The van der Waals surface area contributed by atoms with E-state index in [0.29, 0.717) is 6.42 Å². The highest BCUT2D eigenvalue weighted by molar-refractivity contribution is 5.30. The number of hydrogen-bond donors (Lipinski definition) is 1. The maximum atomic E-state index is 12.5. The second-order valence-electron chi connectivity index (χ2n) is 4.59. The minimum atomic E-state index is -4.36. The van der Waals surface area contributed by atoms with E-state index in [-0.39, 0.29) is 11.9 Å². The first-order chi connectivity index (χ1) is 8.45. The summed E-state index contributed by atoms with van der Waals surface area (Å²) in [6.07, 6.45) is -2.13. The lowest BCUT2D eigenvalue weighted by Crippen LogP contribution is -2.28. The fourth-order valence-electron chi connectivity index (χ4n) is 2.17. The van der Waals surface area contributed by atoms with Crippen LogP contribution in [0.2, 0.25) is 0 Å². The van der Waals surface area contributed by atoms with Gasteiger partial charge in [-0.3, -0.25) is 0 Å². The quantitative estimate of drug-likeness (QED) is 0.883. The van der Waals surface area contributed by atoms with Gasteiger partial charge in [0.1, 0.15) is 11.9 Å². The molecule has 0 spiro atoms. The van der Waals surface area contributed by atoms with E-state index in [1.807, 2.05) is 0 Å². The van der Waals surface area contributed by atoms with Crippen molar-refractivity contribution in [3.63, 3.8) is 0 Å². The Hall–Kier alpha value is -1.23. The highest BCUT2D eigenvalue weighted by Crippen LogP contribution is 2.32. The summed E-state index contributed by atoms with van der Waals surface area (Å²) in [5.74, 6) is 0.212. The molecular formula is C13H15F3O2. The molecule has 0 bridgehead atoms. The summed E-state index contributed by atoms with van der Waals surface area (Å²) in [5, 5.41) is 9.48. The average molecular weight is 260 g/mol. The molecule has 2 rings (SSSR count). The maximum Gasteiger partial charge on any atom is 0.416 e. The van der Waals surface area contributed by atoms with E-state index in [1.54, 1.807) is 0 Å². The smallest absolute Gasteiger partial charge is 0.416 e. The molecule has 5 heteroatoms. The Labute approximate surface area is 103 Å². The minimum absolute atomic E-state index is 0.197. The van der Waals surface area contributed by atoms with Crippen LogP contribution in [0.1, 0.15) is 31.2 Å². The van der Waals surface area contributed by atoms with Gasteiger partial charge in [-0.15, -0.1) is 0 Å². The van der Waals surface area contributed by atoms with Crippen LogP contribution in [0, 0.1) is 0 Å². The van der Waals surface area contributed by atoms with Crippen molar-refractivity contribution in [2.45, 2.75) is 44.1 Å². The molecule has 1 aromatic rings. The lowest BCUT2D eigenvalue weighted by molar-refractivity contribution is -0.137. The Kier molecular flexibility index (Phi) is 3.80. The van der Waals surface area contributed by atoms with Crippen molar-refractivity contribution >= 4 is 0 Å². The van der Waals surface area contributed by atoms with Crippen LogP contribution >= 0.6 is 0 Å². The second kappa shape index (κ2) is 5.18. The molecule has 0 aliphatic heterocycles. The molecule has 0 aromatic heterocycles. The van der Waals surface area contributed by atoms with Gasteiger partial charge in [-0.25, -0.2) is 0 Å². The van der Waals surface area contributed by atoms with Crippen molar-refractivity contribution in [3.05, 3.63) is 29.8 Å². The molecule has 1 aliphatic rings. The van der Waals surface area contributed by atoms with Crippen molar-refractivity contribution in [2.75, 3.05) is 0 Å². The van der Waals surface area contributed by atoms with Crippen molar-refractivity contribution in [3.8, 4) is 5.75 Å². The molecule has 2 nitrogen and oxygen atoms in total. The van der Waals surface area contributed by atoms with Gasteiger partial charge in [-0.05, 0) is 37.5 Å². The molecule has 0 radical (unpaired) electrons. The van der Waals surface area contributed by atoms with E-state index >= 15 is 0 Å². The van der Waals surface area contributed by atoms with Crippen molar-refractivity contribution in [1.82, 2.24) is 0 Å². The van der Waals surface area contributed by atoms with Crippen LogP contribution in [0.3, 0.4) is 0 Å². The number of benzene rings is 1. The van der Waals surface area contributed by atoms with Crippen LogP contribution in [0.5, 0.6) is 5.75 Å². The lowest BCUT2D eigenvalue weighted by atomic mass is 9.95. The molecule has 1 fully saturated rings. The predicted molar refractivity (Wildman–Crippen MR) is 60.3 cm³/mol. The summed E-state index contributed by atoms with van der Waals surface area (Å²) in [7, 11) is 0. The van der Waals surface area contributed by atoms with Crippen molar-refractivity contribution < 1.29 is 23.0 Å². The van der Waals surface area contributed by atoms with Crippen molar-refractivity contribution in [1.29, 1.82) is 0 Å². The molecule has 2 unspecified atom stereocenters. The topological polar surface area (TPSA) is 29.5 Å². The van der Waals surface area contributed by atoms with E-state index in [0.717, 1.165) is 31.4 Å². The molecule has 1 aromatic carbocycles. The summed E-state index contributed by atoms with van der Waals surface area (Å²) in [5.41, 5.74) is -0.712. The third-order valence-corrected chi connectivity index (χ3v) is 3.06. The van der Waals surface area contributed by atoms with E-state index in [9.17, 15) is 18.3 Å². The normalized spacial score (nSPS) is 24.9. The fraction of sp³-hybridized carbons (Fsp3) is 0.538. The van der Waals surface area contributed by atoms with Gasteiger partial charge in [0, 0.05) is 6.42 Å². The van der Waals surface area contributed by atoms with Crippen LogP contribution in [0.4, 0.5) is 13.2 Å². The summed E-state index contributed by atoms with van der Waals surface area (Å²) in [6.45, 7) is 0. The van der Waals surface area contributed by atoms with Gasteiger partial charge in [-0.2, -0.15) is 13.2 Å².